The predicted octanol–water partition coefficient (Wildman–Crippen LogP) is 3.11. The fraction of sp³-hybridized carbons (Fsp3) is 0.538. The summed E-state index contributed by atoms with van der Waals surface area (Å²) in [6.45, 7) is 6.21. The van der Waals surface area contributed by atoms with Gasteiger partial charge < -0.3 is 4.90 Å². The minimum Gasteiger partial charge on any atom is -0.339 e. The highest BCUT2D eigenvalue weighted by atomic mass is 79.9. The lowest BCUT2D eigenvalue weighted by atomic mass is 9.82. The number of rotatable bonds is 1. The van der Waals surface area contributed by atoms with Gasteiger partial charge in [-0.2, -0.15) is 0 Å². The molecule has 0 radical (unpaired) electrons. The fourth-order valence-corrected chi connectivity index (χ4v) is 2.39. The number of carbonyl (C=O) groups is 1. The maximum atomic E-state index is 12.2. The van der Waals surface area contributed by atoms with Crippen LogP contribution in [0.15, 0.2) is 22.9 Å². The van der Waals surface area contributed by atoms with Crippen LogP contribution in [0.25, 0.3) is 0 Å². The first-order valence-corrected chi connectivity index (χ1v) is 6.67. The number of halogens is 1. The molecule has 17 heavy (non-hydrogen) atoms. The third kappa shape index (κ3) is 3.06. The maximum absolute atomic E-state index is 12.2. The van der Waals surface area contributed by atoms with E-state index in [-0.39, 0.29) is 5.91 Å². The molecule has 2 heterocycles. The topological polar surface area (TPSA) is 33.2 Å². The summed E-state index contributed by atoms with van der Waals surface area (Å²) >= 11 is 3.34. The largest absolute Gasteiger partial charge is 0.339 e. The summed E-state index contributed by atoms with van der Waals surface area (Å²) in [6, 6.07) is 1.83. The first-order chi connectivity index (χ1) is 7.98. The normalized spacial score (nSPS) is 19.1. The zero-order chi connectivity index (χ0) is 12.5. The number of likely N-dealkylation sites (tertiary alicyclic amines) is 1. The van der Waals surface area contributed by atoms with Crippen molar-refractivity contribution in [3.8, 4) is 0 Å². The summed E-state index contributed by atoms with van der Waals surface area (Å²) < 4.78 is 0.848. The van der Waals surface area contributed by atoms with Gasteiger partial charge in [-0.3, -0.25) is 9.78 Å². The van der Waals surface area contributed by atoms with Crippen molar-refractivity contribution in [3.05, 3.63) is 28.5 Å². The molecule has 1 aliphatic rings. The van der Waals surface area contributed by atoms with E-state index < -0.39 is 0 Å². The van der Waals surface area contributed by atoms with E-state index in [1.165, 1.54) is 0 Å². The van der Waals surface area contributed by atoms with Gasteiger partial charge in [-0.25, -0.2) is 0 Å². The number of carbonyl (C=O) groups excluding carboxylic acids is 1. The van der Waals surface area contributed by atoms with Crippen molar-refractivity contribution in [2.75, 3.05) is 13.1 Å². The molecule has 0 saturated carbocycles. The zero-order valence-corrected chi connectivity index (χ0v) is 11.8. The van der Waals surface area contributed by atoms with E-state index in [4.69, 9.17) is 0 Å². The highest BCUT2D eigenvalue weighted by molar-refractivity contribution is 9.10. The summed E-state index contributed by atoms with van der Waals surface area (Å²) in [7, 11) is 0. The second kappa shape index (κ2) is 4.77. The van der Waals surface area contributed by atoms with Crippen molar-refractivity contribution >= 4 is 21.8 Å². The van der Waals surface area contributed by atoms with Crippen LogP contribution in [0.4, 0.5) is 0 Å². The van der Waals surface area contributed by atoms with Gasteiger partial charge in [0.25, 0.3) is 5.91 Å². The molecule has 4 heteroatoms. The Kier molecular flexibility index (Phi) is 3.52. The lowest BCUT2D eigenvalue weighted by Crippen LogP contribution is -2.41. The summed E-state index contributed by atoms with van der Waals surface area (Å²) in [6.07, 6.45) is 5.46. The molecule has 1 fully saturated rings. The molecule has 1 aromatic rings. The first kappa shape index (κ1) is 12.6. The number of pyridine rings is 1. The Bertz CT molecular complexity index is 421. The number of hydrogen-bond acceptors (Lipinski definition) is 2. The van der Waals surface area contributed by atoms with Crippen molar-refractivity contribution in [1.29, 1.82) is 0 Å². The van der Waals surface area contributed by atoms with Gasteiger partial charge in [-0.1, -0.05) is 13.8 Å². The molecule has 3 nitrogen and oxygen atoms in total. The summed E-state index contributed by atoms with van der Waals surface area (Å²) in [5.41, 5.74) is 1.03. The highest BCUT2D eigenvalue weighted by Gasteiger charge is 2.28. The number of hydrogen-bond donors (Lipinski definition) is 0. The zero-order valence-electron chi connectivity index (χ0n) is 10.2. The van der Waals surface area contributed by atoms with Gasteiger partial charge >= 0.3 is 0 Å². The Hall–Kier alpha value is -0.900. The lowest BCUT2D eigenvalue weighted by Gasteiger charge is -2.36. The van der Waals surface area contributed by atoms with E-state index in [0.29, 0.717) is 11.0 Å². The Morgan fingerprint density at radius 1 is 1.35 bits per heavy atom. The molecule has 92 valence electrons. The molecule has 0 N–H and O–H groups in total. The van der Waals surface area contributed by atoms with Crippen LogP contribution >= 0.6 is 15.9 Å². The molecule has 2 rings (SSSR count). The smallest absolute Gasteiger partial charge is 0.255 e. The van der Waals surface area contributed by atoms with E-state index in [1.807, 2.05) is 11.0 Å². The average Bonchev–Trinajstić information content (AvgIpc) is 2.28. The molecule has 1 saturated heterocycles. The van der Waals surface area contributed by atoms with Crippen LogP contribution in [-0.2, 0) is 0 Å². The standard InChI is InChI=1S/C13H17BrN2O/c1-13(2)3-5-16(6-4-13)12(17)10-7-11(14)9-15-8-10/h7-9H,3-6H2,1-2H3. The Morgan fingerprint density at radius 2 is 2.00 bits per heavy atom. The van der Waals surface area contributed by atoms with Crippen molar-refractivity contribution in [2.45, 2.75) is 26.7 Å². The van der Waals surface area contributed by atoms with Crippen LogP contribution in [0.1, 0.15) is 37.0 Å². The molecule has 1 aliphatic heterocycles. The van der Waals surface area contributed by atoms with E-state index in [1.54, 1.807) is 12.4 Å². The lowest BCUT2D eigenvalue weighted by molar-refractivity contribution is 0.0630. The van der Waals surface area contributed by atoms with E-state index in [9.17, 15) is 4.79 Å². The van der Waals surface area contributed by atoms with Crippen LogP contribution in [0.3, 0.4) is 0 Å². The first-order valence-electron chi connectivity index (χ1n) is 5.88. The number of amides is 1. The maximum Gasteiger partial charge on any atom is 0.255 e. The quantitative estimate of drug-likeness (QED) is 0.798. The van der Waals surface area contributed by atoms with Crippen molar-refractivity contribution in [1.82, 2.24) is 9.88 Å². The second-order valence-corrected chi connectivity index (χ2v) is 6.26. The SMILES string of the molecule is CC1(C)CCN(C(=O)c2cncc(Br)c2)CC1. The third-order valence-corrected chi connectivity index (χ3v) is 3.79. The third-order valence-electron chi connectivity index (χ3n) is 3.36. The molecule has 0 unspecified atom stereocenters. The molecule has 0 aromatic carbocycles. The minimum absolute atomic E-state index is 0.0919. The van der Waals surface area contributed by atoms with Crippen LogP contribution in [0.2, 0.25) is 0 Å². The van der Waals surface area contributed by atoms with Gasteiger partial charge in [0.2, 0.25) is 0 Å². The van der Waals surface area contributed by atoms with Crippen molar-refractivity contribution < 1.29 is 4.79 Å². The van der Waals surface area contributed by atoms with Gasteiger partial charge in [0.1, 0.15) is 0 Å². The van der Waals surface area contributed by atoms with E-state index in [0.717, 1.165) is 30.4 Å². The molecule has 1 amide bonds. The van der Waals surface area contributed by atoms with Gasteiger partial charge in [-0.05, 0) is 40.3 Å². The number of piperidine rings is 1. The second-order valence-electron chi connectivity index (χ2n) is 5.35. The van der Waals surface area contributed by atoms with Gasteiger partial charge in [0.05, 0.1) is 5.56 Å². The Morgan fingerprint density at radius 3 is 2.59 bits per heavy atom. The minimum atomic E-state index is 0.0919. The monoisotopic (exact) mass is 296 g/mol. The molecular formula is C13H17BrN2O. The Labute approximate surface area is 110 Å². The van der Waals surface area contributed by atoms with E-state index in [2.05, 4.69) is 34.8 Å². The van der Waals surface area contributed by atoms with Crippen molar-refractivity contribution in [3.63, 3.8) is 0 Å². The predicted molar refractivity (Wildman–Crippen MR) is 70.9 cm³/mol. The number of nitrogens with zero attached hydrogens (tertiary/aromatic N) is 2. The average molecular weight is 297 g/mol. The van der Waals surface area contributed by atoms with Crippen LogP contribution in [0, 0.1) is 5.41 Å². The van der Waals surface area contributed by atoms with Crippen LogP contribution < -0.4 is 0 Å². The van der Waals surface area contributed by atoms with Gasteiger partial charge in [0, 0.05) is 30.0 Å². The molecule has 0 spiro atoms. The highest BCUT2D eigenvalue weighted by Crippen LogP contribution is 2.30. The molecule has 0 bridgehead atoms. The molecule has 0 aliphatic carbocycles. The molecular weight excluding hydrogens is 280 g/mol. The fourth-order valence-electron chi connectivity index (χ4n) is 2.03. The summed E-state index contributed by atoms with van der Waals surface area (Å²) in [5.74, 6) is 0.0919. The van der Waals surface area contributed by atoms with Crippen molar-refractivity contribution in [2.24, 2.45) is 5.41 Å². The van der Waals surface area contributed by atoms with E-state index >= 15 is 0 Å². The number of aromatic nitrogens is 1. The molecule has 1 aromatic heterocycles. The summed E-state index contributed by atoms with van der Waals surface area (Å²) in [4.78, 5) is 18.2. The van der Waals surface area contributed by atoms with Crippen LogP contribution in [-0.4, -0.2) is 28.9 Å². The van der Waals surface area contributed by atoms with Gasteiger partial charge in [0.15, 0.2) is 0 Å². The summed E-state index contributed by atoms with van der Waals surface area (Å²) in [5, 5.41) is 0. The van der Waals surface area contributed by atoms with Crippen LogP contribution in [0.5, 0.6) is 0 Å². The Balaban J connectivity index is 2.07. The molecule has 0 atom stereocenters. The van der Waals surface area contributed by atoms with Gasteiger partial charge in [-0.15, -0.1) is 0 Å².